The number of rotatable bonds is 1. The monoisotopic (exact) mass is 277 g/mol. The first kappa shape index (κ1) is 13.3. The Hall–Kier alpha value is -2.67. The fourth-order valence-electron chi connectivity index (χ4n) is 2.33. The Morgan fingerprint density at radius 3 is 3.00 bits per heavy atom. The van der Waals surface area contributed by atoms with Crippen molar-refractivity contribution in [2.75, 3.05) is 19.4 Å². The topological polar surface area (TPSA) is 40.3 Å². The summed E-state index contributed by atoms with van der Waals surface area (Å²) in [6, 6.07) is 3.84. The van der Waals surface area contributed by atoms with Gasteiger partial charge in [-0.2, -0.15) is 0 Å². The number of pyridine rings is 1. The summed E-state index contributed by atoms with van der Waals surface area (Å²) in [5.41, 5.74) is 2.77. The van der Waals surface area contributed by atoms with Crippen LogP contribution < -0.4 is 5.32 Å². The number of hydrogen-bond donors (Lipinski definition) is 1. The van der Waals surface area contributed by atoms with Gasteiger partial charge in [0.2, 0.25) is 0 Å². The normalized spacial score (nSPS) is 22.5. The Morgan fingerprint density at radius 1 is 1.33 bits per heavy atom. The van der Waals surface area contributed by atoms with E-state index in [1.54, 1.807) is 6.20 Å². The van der Waals surface area contributed by atoms with E-state index >= 15 is 0 Å². The number of fused-ring (bicyclic) bond motifs is 1. The zero-order valence-corrected chi connectivity index (χ0v) is 12.4. The molecular formula is C17H17N4+. The Morgan fingerprint density at radius 2 is 2.19 bits per heavy atom. The van der Waals surface area contributed by atoms with E-state index in [4.69, 9.17) is 0 Å². The van der Waals surface area contributed by atoms with Crippen LogP contribution in [0.5, 0.6) is 0 Å². The van der Waals surface area contributed by atoms with Gasteiger partial charge in [0, 0.05) is 30.6 Å². The highest BCUT2D eigenvalue weighted by atomic mass is 15.0. The summed E-state index contributed by atoms with van der Waals surface area (Å²) in [6.45, 7) is 2.14. The van der Waals surface area contributed by atoms with Crippen molar-refractivity contribution in [1.29, 1.82) is 0 Å². The van der Waals surface area contributed by atoms with E-state index < -0.39 is 0 Å². The van der Waals surface area contributed by atoms with Crippen LogP contribution in [0.2, 0.25) is 0 Å². The lowest BCUT2D eigenvalue weighted by atomic mass is 9.79. The van der Waals surface area contributed by atoms with Crippen LogP contribution in [0.25, 0.3) is 0 Å². The van der Waals surface area contributed by atoms with Gasteiger partial charge < -0.3 is 5.32 Å². The molecule has 21 heavy (non-hydrogen) atoms. The molecule has 0 spiro atoms. The molecule has 2 aliphatic heterocycles. The molecule has 0 saturated heterocycles. The summed E-state index contributed by atoms with van der Waals surface area (Å²) in [5.74, 6) is 7.27. The second kappa shape index (κ2) is 5.02. The second-order valence-electron chi connectivity index (χ2n) is 5.30. The highest BCUT2D eigenvalue weighted by Crippen LogP contribution is 2.35. The van der Waals surface area contributed by atoms with E-state index in [0.717, 1.165) is 22.7 Å². The first-order valence-corrected chi connectivity index (χ1v) is 6.83. The SMILES string of the molecule is CNc1cc(C#CC2=CN=C3C=[N+](C)C=CC23C)ccn1. The molecule has 0 aromatic carbocycles. The number of allylic oxidation sites excluding steroid dienone is 2. The minimum absolute atomic E-state index is 0.210. The summed E-state index contributed by atoms with van der Waals surface area (Å²) < 4.78 is 2.01. The molecule has 0 saturated carbocycles. The first-order valence-electron chi connectivity index (χ1n) is 6.83. The lowest BCUT2D eigenvalue weighted by Crippen LogP contribution is -2.31. The fraction of sp³-hybridized carbons (Fsp3) is 0.235. The molecule has 3 rings (SSSR count). The van der Waals surface area contributed by atoms with E-state index in [9.17, 15) is 0 Å². The molecule has 0 aliphatic carbocycles. The van der Waals surface area contributed by atoms with Gasteiger partial charge in [0.15, 0.2) is 12.4 Å². The number of hydrogen-bond acceptors (Lipinski definition) is 3. The molecule has 104 valence electrons. The largest absolute Gasteiger partial charge is 0.373 e. The molecule has 1 unspecified atom stereocenters. The number of aromatic nitrogens is 1. The van der Waals surface area contributed by atoms with Gasteiger partial charge in [-0.1, -0.05) is 11.8 Å². The Balaban J connectivity index is 1.88. The molecule has 1 atom stereocenters. The van der Waals surface area contributed by atoms with Gasteiger partial charge in [-0.05, 0) is 25.1 Å². The zero-order chi connectivity index (χ0) is 14.9. The third-order valence-electron chi connectivity index (χ3n) is 3.75. The highest BCUT2D eigenvalue weighted by Gasteiger charge is 2.38. The van der Waals surface area contributed by atoms with Gasteiger partial charge >= 0.3 is 0 Å². The predicted octanol–water partition coefficient (Wildman–Crippen LogP) is 2.06. The van der Waals surface area contributed by atoms with Crippen molar-refractivity contribution in [3.05, 3.63) is 47.9 Å². The van der Waals surface area contributed by atoms with E-state index in [1.165, 1.54) is 0 Å². The van der Waals surface area contributed by atoms with Gasteiger partial charge in [-0.15, -0.1) is 0 Å². The quantitative estimate of drug-likeness (QED) is 0.630. The van der Waals surface area contributed by atoms with Crippen molar-refractivity contribution in [2.24, 2.45) is 10.4 Å². The van der Waals surface area contributed by atoms with Crippen molar-refractivity contribution in [1.82, 2.24) is 4.98 Å². The number of aliphatic imine (C=N–C) groups is 1. The van der Waals surface area contributed by atoms with Crippen molar-refractivity contribution in [2.45, 2.75) is 6.92 Å². The maximum atomic E-state index is 4.49. The second-order valence-corrected chi connectivity index (χ2v) is 5.30. The predicted molar refractivity (Wildman–Crippen MR) is 85.7 cm³/mol. The van der Waals surface area contributed by atoms with Gasteiger partial charge in [0.25, 0.3) is 0 Å². The first-order chi connectivity index (χ1) is 10.1. The number of nitrogens with one attached hydrogen (secondary N) is 1. The van der Waals surface area contributed by atoms with Crippen LogP contribution in [-0.2, 0) is 0 Å². The van der Waals surface area contributed by atoms with Crippen molar-refractivity contribution in [3.8, 4) is 11.8 Å². The fourth-order valence-corrected chi connectivity index (χ4v) is 2.33. The summed E-state index contributed by atoms with van der Waals surface area (Å²) in [7, 11) is 3.85. The average Bonchev–Trinajstić information content (AvgIpc) is 2.82. The lowest BCUT2D eigenvalue weighted by Gasteiger charge is -2.21. The Kier molecular flexibility index (Phi) is 3.19. The minimum Gasteiger partial charge on any atom is -0.373 e. The van der Waals surface area contributed by atoms with Crippen LogP contribution in [0.1, 0.15) is 12.5 Å². The van der Waals surface area contributed by atoms with E-state index in [2.05, 4.69) is 40.1 Å². The maximum absolute atomic E-state index is 4.49. The molecule has 0 bridgehead atoms. The standard InChI is InChI=1S/C17H17N4/c1-17-7-9-21(3)12-15(17)20-11-14(17)5-4-13-6-8-19-16(10-13)18-2/h6-12H,1-3H3,(H,18,19)/q+1. The molecule has 4 nitrogen and oxygen atoms in total. The molecule has 4 heteroatoms. The molecule has 1 N–H and O–H groups in total. The van der Waals surface area contributed by atoms with Gasteiger partial charge in [0.05, 0.1) is 5.41 Å². The van der Waals surface area contributed by atoms with Crippen molar-refractivity contribution in [3.63, 3.8) is 0 Å². The van der Waals surface area contributed by atoms with Crippen LogP contribution >= 0.6 is 0 Å². The number of anilines is 1. The summed E-state index contributed by atoms with van der Waals surface area (Å²) >= 11 is 0. The average molecular weight is 277 g/mol. The van der Waals surface area contributed by atoms with Crippen LogP contribution in [0.3, 0.4) is 0 Å². The number of nitrogens with zero attached hydrogens (tertiary/aromatic N) is 3. The van der Waals surface area contributed by atoms with Crippen LogP contribution in [0.4, 0.5) is 5.82 Å². The molecule has 1 aromatic heterocycles. The van der Waals surface area contributed by atoms with Crippen molar-refractivity contribution >= 4 is 17.7 Å². The zero-order valence-electron chi connectivity index (χ0n) is 12.4. The molecule has 0 amide bonds. The Labute approximate surface area is 124 Å². The van der Waals surface area contributed by atoms with Crippen molar-refractivity contribution < 1.29 is 4.58 Å². The summed E-state index contributed by atoms with van der Waals surface area (Å²) in [5, 5.41) is 3.02. The molecular weight excluding hydrogens is 260 g/mol. The molecule has 2 aliphatic rings. The van der Waals surface area contributed by atoms with Crippen LogP contribution in [0, 0.1) is 17.3 Å². The smallest absolute Gasteiger partial charge is 0.191 e. The molecule has 3 heterocycles. The van der Waals surface area contributed by atoms with Crippen LogP contribution in [-0.4, -0.2) is 35.6 Å². The van der Waals surface area contributed by atoms with E-state index in [-0.39, 0.29) is 5.41 Å². The maximum Gasteiger partial charge on any atom is 0.191 e. The van der Waals surface area contributed by atoms with Gasteiger partial charge in [0.1, 0.15) is 18.6 Å². The summed E-state index contributed by atoms with van der Waals surface area (Å²) in [6.07, 6.45) is 9.85. The highest BCUT2D eigenvalue weighted by molar-refractivity contribution is 6.34. The molecule has 0 radical (unpaired) electrons. The Bertz CT molecular complexity index is 771. The molecule has 1 aromatic rings. The summed E-state index contributed by atoms with van der Waals surface area (Å²) in [4.78, 5) is 8.67. The van der Waals surface area contributed by atoms with Crippen LogP contribution in [0.15, 0.2) is 47.4 Å². The third-order valence-corrected chi connectivity index (χ3v) is 3.75. The lowest BCUT2D eigenvalue weighted by molar-refractivity contribution is -0.416. The minimum atomic E-state index is -0.210. The van der Waals surface area contributed by atoms with Gasteiger partial charge in [-0.3, -0.25) is 4.99 Å². The molecule has 0 fully saturated rings. The third kappa shape index (κ3) is 2.38. The van der Waals surface area contributed by atoms with Gasteiger partial charge in [-0.25, -0.2) is 9.56 Å². The van der Waals surface area contributed by atoms with E-state index in [1.807, 2.05) is 49.4 Å². The van der Waals surface area contributed by atoms with E-state index in [0.29, 0.717) is 0 Å².